The van der Waals surface area contributed by atoms with Crippen LogP contribution in [0.5, 0.6) is 0 Å². The van der Waals surface area contributed by atoms with Crippen LogP contribution in [0.4, 0.5) is 0 Å². The number of hydrogen-bond donors (Lipinski definition) is 0. The number of rotatable bonds is 5. The van der Waals surface area contributed by atoms with Crippen LogP contribution in [0.3, 0.4) is 0 Å². The Morgan fingerprint density at radius 2 is 2.00 bits per heavy atom. The normalized spacial score (nSPS) is 10.7. The summed E-state index contributed by atoms with van der Waals surface area (Å²) in [5.41, 5.74) is 0. The Bertz CT molecular complexity index is 239. The molecule has 3 heteroatoms. The third-order valence-corrected chi connectivity index (χ3v) is 1.03. The third kappa shape index (κ3) is 6.87. The Hall–Kier alpha value is -1.51. The van der Waals surface area contributed by atoms with E-state index in [1.165, 1.54) is 0 Å². The van der Waals surface area contributed by atoms with Crippen LogP contribution in [-0.4, -0.2) is 25.3 Å². The van der Waals surface area contributed by atoms with E-state index in [1.807, 2.05) is 27.1 Å². The topological polar surface area (TPSA) is 24.8 Å². The Kier molecular flexibility index (Phi) is 5.35. The highest BCUT2D eigenvalue weighted by atomic mass is 16.5. The quantitative estimate of drug-likeness (QED) is 0.280. The molecule has 0 atom stereocenters. The van der Waals surface area contributed by atoms with Gasteiger partial charge in [0.15, 0.2) is 0 Å². The standard InChI is InChI=1S/C10H16N2O/c1-6-7-9(2)13-10(3)11-8-12(4)5/h6-8H,2-3H2,1,4-5H3/b7-6-,11-8?. The van der Waals surface area contributed by atoms with Gasteiger partial charge in [0.25, 0.3) is 0 Å². The molecule has 0 rings (SSSR count). The number of allylic oxidation sites excluding steroid dienone is 2. The molecule has 0 aliphatic heterocycles. The van der Waals surface area contributed by atoms with E-state index in [0.717, 1.165) is 0 Å². The number of aliphatic imine (C=N–C) groups is 1. The molecular weight excluding hydrogens is 164 g/mol. The molecule has 0 aromatic carbocycles. The van der Waals surface area contributed by atoms with Gasteiger partial charge in [0.05, 0.1) is 6.34 Å². The molecule has 0 aliphatic carbocycles. The van der Waals surface area contributed by atoms with Crippen molar-refractivity contribution in [1.82, 2.24) is 4.90 Å². The molecule has 72 valence electrons. The second-order valence-electron chi connectivity index (χ2n) is 2.67. The summed E-state index contributed by atoms with van der Waals surface area (Å²) in [6.07, 6.45) is 5.20. The molecular formula is C10H16N2O. The van der Waals surface area contributed by atoms with Gasteiger partial charge in [-0.2, -0.15) is 0 Å². The van der Waals surface area contributed by atoms with Crippen LogP contribution in [0.1, 0.15) is 6.92 Å². The van der Waals surface area contributed by atoms with Gasteiger partial charge in [0, 0.05) is 14.1 Å². The molecule has 0 bridgehead atoms. The predicted molar refractivity (Wildman–Crippen MR) is 56.4 cm³/mol. The van der Waals surface area contributed by atoms with E-state index in [0.29, 0.717) is 11.6 Å². The minimum Gasteiger partial charge on any atom is -0.440 e. The number of ether oxygens (including phenoxy) is 1. The van der Waals surface area contributed by atoms with Crippen LogP contribution < -0.4 is 0 Å². The van der Waals surface area contributed by atoms with Gasteiger partial charge in [-0.15, -0.1) is 0 Å². The van der Waals surface area contributed by atoms with Crippen LogP contribution in [0.15, 0.2) is 41.9 Å². The fraction of sp³-hybridized carbons (Fsp3) is 0.300. The first-order valence-electron chi connectivity index (χ1n) is 3.95. The zero-order chi connectivity index (χ0) is 10.3. The van der Waals surface area contributed by atoms with Crippen LogP contribution in [-0.2, 0) is 4.74 Å². The third-order valence-electron chi connectivity index (χ3n) is 1.03. The zero-order valence-electron chi connectivity index (χ0n) is 8.45. The van der Waals surface area contributed by atoms with Gasteiger partial charge in [-0.05, 0) is 19.6 Å². The Morgan fingerprint density at radius 1 is 1.38 bits per heavy atom. The predicted octanol–water partition coefficient (Wildman–Crippen LogP) is 2.15. The van der Waals surface area contributed by atoms with E-state index >= 15 is 0 Å². The van der Waals surface area contributed by atoms with Crippen molar-refractivity contribution in [3.8, 4) is 0 Å². The summed E-state index contributed by atoms with van der Waals surface area (Å²) in [7, 11) is 3.75. The second kappa shape index (κ2) is 6.06. The van der Waals surface area contributed by atoms with E-state index in [1.54, 1.807) is 17.3 Å². The molecule has 0 aliphatic rings. The highest BCUT2D eigenvalue weighted by molar-refractivity contribution is 5.55. The average molecular weight is 180 g/mol. The molecule has 0 saturated heterocycles. The summed E-state index contributed by atoms with van der Waals surface area (Å²) in [4.78, 5) is 5.73. The minimum absolute atomic E-state index is 0.330. The van der Waals surface area contributed by atoms with Gasteiger partial charge >= 0.3 is 0 Å². The van der Waals surface area contributed by atoms with Crippen molar-refractivity contribution in [2.24, 2.45) is 4.99 Å². The molecule has 0 amide bonds. The van der Waals surface area contributed by atoms with E-state index in [-0.39, 0.29) is 0 Å². The SMILES string of the molecule is C=C(/C=C\C)OC(=C)N=CN(C)C. The average Bonchev–Trinajstić information content (AvgIpc) is 2.01. The molecule has 0 aromatic heterocycles. The summed E-state index contributed by atoms with van der Waals surface area (Å²) in [5.74, 6) is 0.861. The minimum atomic E-state index is 0.330. The van der Waals surface area contributed by atoms with Gasteiger partial charge < -0.3 is 9.64 Å². The van der Waals surface area contributed by atoms with Crippen LogP contribution in [0.2, 0.25) is 0 Å². The molecule has 13 heavy (non-hydrogen) atoms. The summed E-state index contributed by atoms with van der Waals surface area (Å²) < 4.78 is 5.14. The first-order valence-corrected chi connectivity index (χ1v) is 3.95. The lowest BCUT2D eigenvalue weighted by molar-refractivity contribution is 0.320. The van der Waals surface area contributed by atoms with Crippen molar-refractivity contribution in [2.75, 3.05) is 14.1 Å². The zero-order valence-corrected chi connectivity index (χ0v) is 8.45. The lowest BCUT2D eigenvalue weighted by Gasteiger charge is -2.05. The van der Waals surface area contributed by atoms with Crippen molar-refractivity contribution < 1.29 is 4.74 Å². The van der Waals surface area contributed by atoms with Crippen LogP contribution in [0.25, 0.3) is 0 Å². The summed E-state index contributed by atoms with van der Waals surface area (Å²) in [6.45, 7) is 9.15. The molecule has 0 aromatic rings. The summed E-state index contributed by atoms with van der Waals surface area (Å²) in [6, 6.07) is 0. The largest absolute Gasteiger partial charge is 0.440 e. The number of hydrogen-bond acceptors (Lipinski definition) is 2. The van der Waals surface area contributed by atoms with E-state index < -0.39 is 0 Å². The highest BCUT2D eigenvalue weighted by Gasteiger charge is 1.91. The van der Waals surface area contributed by atoms with Gasteiger partial charge in [0.1, 0.15) is 5.76 Å². The van der Waals surface area contributed by atoms with Gasteiger partial charge in [-0.25, -0.2) is 4.99 Å². The Morgan fingerprint density at radius 3 is 2.46 bits per heavy atom. The van der Waals surface area contributed by atoms with Crippen LogP contribution in [0, 0.1) is 0 Å². The first kappa shape index (κ1) is 11.5. The maximum Gasteiger partial charge on any atom is 0.213 e. The van der Waals surface area contributed by atoms with Gasteiger partial charge in [-0.1, -0.05) is 12.7 Å². The highest BCUT2D eigenvalue weighted by Crippen LogP contribution is 2.04. The molecule has 0 heterocycles. The number of nitrogens with zero attached hydrogens (tertiary/aromatic N) is 2. The van der Waals surface area contributed by atoms with E-state index in [4.69, 9.17) is 4.74 Å². The maximum atomic E-state index is 5.14. The second-order valence-corrected chi connectivity index (χ2v) is 2.67. The van der Waals surface area contributed by atoms with Crippen molar-refractivity contribution in [1.29, 1.82) is 0 Å². The van der Waals surface area contributed by atoms with Gasteiger partial charge in [-0.3, -0.25) is 0 Å². The first-order chi connectivity index (χ1) is 6.06. The lowest BCUT2D eigenvalue weighted by Crippen LogP contribution is -2.07. The summed E-state index contributed by atoms with van der Waals surface area (Å²) >= 11 is 0. The van der Waals surface area contributed by atoms with Crippen LogP contribution >= 0.6 is 0 Å². The van der Waals surface area contributed by atoms with E-state index in [2.05, 4.69) is 18.2 Å². The smallest absolute Gasteiger partial charge is 0.213 e. The molecule has 0 unspecified atom stereocenters. The molecule has 0 spiro atoms. The molecule has 3 nitrogen and oxygen atoms in total. The molecule has 0 radical (unpaired) electrons. The fourth-order valence-electron chi connectivity index (χ4n) is 0.577. The molecule has 0 fully saturated rings. The Balaban J connectivity index is 3.95. The van der Waals surface area contributed by atoms with Gasteiger partial charge in [0.2, 0.25) is 5.88 Å². The maximum absolute atomic E-state index is 5.14. The molecule has 0 saturated carbocycles. The summed E-state index contributed by atoms with van der Waals surface area (Å²) in [5, 5.41) is 0. The monoisotopic (exact) mass is 180 g/mol. The van der Waals surface area contributed by atoms with Crippen molar-refractivity contribution in [3.63, 3.8) is 0 Å². The Labute approximate surface area is 79.7 Å². The van der Waals surface area contributed by atoms with E-state index in [9.17, 15) is 0 Å². The van der Waals surface area contributed by atoms with Crippen molar-refractivity contribution in [2.45, 2.75) is 6.92 Å². The van der Waals surface area contributed by atoms with Crippen molar-refractivity contribution >= 4 is 6.34 Å². The van der Waals surface area contributed by atoms with Crippen molar-refractivity contribution in [3.05, 3.63) is 37.0 Å². The lowest BCUT2D eigenvalue weighted by atomic mass is 10.5. The fourth-order valence-corrected chi connectivity index (χ4v) is 0.577. The molecule has 0 N–H and O–H groups in total.